The van der Waals surface area contributed by atoms with Gasteiger partial charge in [-0.05, 0) is 138 Å². The molecule has 80 heavy (non-hydrogen) atoms. The van der Waals surface area contributed by atoms with Gasteiger partial charge in [-0.1, -0.05) is 18.2 Å². The number of nitrogen functional groups attached to an aromatic ring is 1. The summed E-state index contributed by atoms with van der Waals surface area (Å²) in [4.78, 5) is 59.9. The van der Waals surface area contributed by atoms with Crippen molar-refractivity contribution in [1.82, 2.24) is 34.5 Å². The number of aromatic nitrogens is 4. The van der Waals surface area contributed by atoms with Crippen molar-refractivity contribution in [2.75, 3.05) is 101 Å². The van der Waals surface area contributed by atoms with Crippen LogP contribution in [-0.4, -0.2) is 133 Å². The van der Waals surface area contributed by atoms with Gasteiger partial charge in [0.2, 0.25) is 11.9 Å². The van der Waals surface area contributed by atoms with Gasteiger partial charge in [0, 0.05) is 67.3 Å². The summed E-state index contributed by atoms with van der Waals surface area (Å²) in [6, 6.07) is 18.8. The zero-order chi connectivity index (χ0) is 56.5. The summed E-state index contributed by atoms with van der Waals surface area (Å²) in [7, 11) is 1.65. The lowest BCUT2D eigenvalue weighted by Gasteiger charge is -2.31. The molecule has 0 atom stereocenters. The van der Waals surface area contributed by atoms with Crippen molar-refractivity contribution in [3.63, 3.8) is 0 Å². The molecule has 6 aromatic rings. The Morgan fingerprint density at radius 1 is 0.875 bits per heavy atom. The number of anilines is 6. The van der Waals surface area contributed by atoms with Gasteiger partial charge in [0.25, 0.3) is 11.8 Å². The number of likely N-dealkylation sites (tertiary alicyclic amines) is 1. The highest BCUT2D eigenvalue weighted by atomic mass is 79.9. The first kappa shape index (κ1) is 58.9. The number of likely N-dealkylation sites (N-methyl/N-ethyl adjacent to an activating group) is 1. The predicted octanol–water partition coefficient (Wildman–Crippen LogP) is 8.92. The van der Waals surface area contributed by atoms with Crippen molar-refractivity contribution in [2.45, 2.75) is 49.5 Å². The Bertz CT molecular complexity index is 3150. The summed E-state index contributed by atoms with van der Waals surface area (Å²) in [5.74, 6) is -2.88. The monoisotopic (exact) mass is 1180 g/mol. The van der Waals surface area contributed by atoms with Crippen LogP contribution in [0.15, 0.2) is 107 Å². The molecule has 1 saturated carbocycles. The molecule has 24 heteroatoms. The number of nitrogens with zero attached hydrogens (tertiary/aromatic N) is 6. The third-order valence-electron chi connectivity index (χ3n) is 13.1. The van der Waals surface area contributed by atoms with Crippen LogP contribution in [0.25, 0.3) is 11.3 Å². The van der Waals surface area contributed by atoms with Gasteiger partial charge in [0.15, 0.2) is 11.6 Å². The van der Waals surface area contributed by atoms with Crippen LogP contribution in [-0.2, 0) is 19.0 Å². The maximum atomic E-state index is 15.1. The Morgan fingerprint density at radius 2 is 1.64 bits per heavy atom. The smallest absolute Gasteiger partial charge is 0.258 e. The molecule has 0 radical (unpaired) electrons. The Hall–Kier alpha value is -7.19. The van der Waals surface area contributed by atoms with Crippen LogP contribution in [0.2, 0.25) is 0 Å². The average Bonchev–Trinajstić information content (AvgIpc) is 4.31. The molecular weight excluding hydrogens is 1120 g/mol. The van der Waals surface area contributed by atoms with E-state index in [1.54, 1.807) is 20.0 Å². The minimum absolute atomic E-state index is 0.00564. The number of carbonyl (C=O) groups excluding carboxylic acids is 3. The Morgan fingerprint density at radius 3 is 2.39 bits per heavy atom. The molecule has 8 N–H and O–H groups in total. The van der Waals surface area contributed by atoms with E-state index in [-0.39, 0.29) is 76.4 Å². The highest BCUT2D eigenvalue weighted by Gasteiger charge is 2.26. The van der Waals surface area contributed by atoms with E-state index in [0.717, 1.165) is 67.1 Å². The minimum Gasteiger partial charge on any atom is -0.486 e. The number of benzene rings is 4. The molecule has 1 aliphatic carbocycles. The van der Waals surface area contributed by atoms with Crippen molar-refractivity contribution in [2.24, 2.45) is 5.73 Å². The zero-order valence-corrected chi connectivity index (χ0v) is 46.5. The van der Waals surface area contributed by atoms with Crippen molar-refractivity contribution in [3.05, 3.63) is 142 Å². The number of rotatable bonds is 28. The lowest BCUT2D eigenvalue weighted by Crippen LogP contribution is -2.37. The predicted molar refractivity (Wildman–Crippen MR) is 304 cm³/mol. The lowest BCUT2D eigenvalue weighted by molar-refractivity contribution is -0.125. The molecule has 3 heterocycles. The molecule has 8 rings (SSSR count). The number of ether oxygens (including phenoxy) is 4. The number of halogens is 4. The molecule has 1 saturated heterocycles. The second-order valence-electron chi connectivity index (χ2n) is 18.8. The number of nitrogens with two attached hydrogens (primary N) is 2. The number of carbonyl (C=O) groups is 3. The largest absolute Gasteiger partial charge is 0.486 e. The standard InChI is InChI=1S/C56H62BrF3N12O7S/c1-34-42(30-37(58)31-47(34)69-55(75)41-15-10-36(29-45(41)60)35-8-9-35)50-51(52(61)65-33-64-50)79-24-22-71(2)48(73)7-4-19-72-20-16-39(17-21-72)78-28-27-77-26-25-76-23-18-66-80-40-13-11-38(12-14-40)67-56-63-32-43(57)54(70-56)68-46-6-3-5-44(59)49(46)53(62)74/h3-7,10-15,29-33,35,39,66H,8-9,16-28H2,1-2H3,(H2,62,74)(H,69,75)(H2,61,64,65)(H2,63,67,68,70)/b7-4+. The molecule has 3 amide bonds. The van der Waals surface area contributed by atoms with Gasteiger partial charge in [0.1, 0.15) is 41.9 Å². The number of piperidine rings is 1. The second kappa shape index (κ2) is 28.8. The van der Waals surface area contributed by atoms with Crippen LogP contribution >= 0.6 is 27.9 Å². The summed E-state index contributed by atoms with van der Waals surface area (Å²) in [5, 5.41) is 8.73. The van der Waals surface area contributed by atoms with Gasteiger partial charge < -0.3 is 51.3 Å². The molecule has 0 bridgehead atoms. The average molecular weight is 1180 g/mol. The fourth-order valence-corrected chi connectivity index (χ4v) is 9.45. The van der Waals surface area contributed by atoms with Crippen molar-refractivity contribution in [3.8, 4) is 17.0 Å². The lowest BCUT2D eigenvalue weighted by atomic mass is 10.0. The maximum Gasteiger partial charge on any atom is 0.258 e. The summed E-state index contributed by atoms with van der Waals surface area (Å²) in [6.07, 6.45) is 9.98. The van der Waals surface area contributed by atoms with E-state index in [2.05, 4.69) is 61.4 Å². The maximum absolute atomic E-state index is 15.1. The van der Waals surface area contributed by atoms with Crippen molar-refractivity contribution >= 4 is 80.2 Å². The topological polar surface area (TPSA) is 246 Å². The normalized spacial score (nSPS) is 13.8. The van der Waals surface area contributed by atoms with Crippen molar-refractivity contribution in [1.29, 1.82) is 0 Å². The van der Waals surface area contributed by atoms with E-state index in [0.29, 0.717) is 67.9 Å². The van der Waals surface area contributed by atoms with Crippen LogP contribution in [0.4, 0.5) is 47.8 Å². The van der Waals surface area contributed by atoms with Crippen LogP contribution in [0.5, 0.6) is 5.75 Å². The summed E-state index contributed by atoms with van der Waals surface area (Å²) in [6.45, 7) is 7.16. The molecule has 0 spiro atoms. The molecule has 422 valence electrons. The van der Waals surface area contributed by atoms with E-state index in [9.17, 15) is 23.2 Å². The van der Waals surface area contributed by atoms with Gasteiger partial charge in [-0.25, -0.2) is 28.1 Å². The van der Waals surface area contributed by atoms with Gasteiger partial charge in [0.05, 0.1) is 67.0 Å². The van der Waals surface area contributed by atoms with E-state index >= 15 is 4.39 Å². The van der Waals surface area contributed by atoms with E-state index in [4.69, 9.17) is 30.4 Å². The molecular formula is C56H62BrF3N12O7S. The third-order valence-corrected chi connectivity index (χ3v) is 14.5. The molecule has 2 fully saturated rings. The summed E-state index contributed by atoms with van der Waals surface area (Å²) in [5.41, 5.74) is 14.0. The van der Waals surface area contributed by atoms with Crippen LogP contribution in [0.3, 0.4) is 0 Å². The quantitative estimate of drug-likeness (QED) is 0.0152. The van der Waals surface area contributed by atoms with Crippen LogP contribution in [0.1, 0.15) is 63.4 Å². The molecule has 19 nitrogen and oxygen atoms in total. The first-order chi connectivity index (χ1) is 38.7. The molecule has 2 aliphatic rings. The van der Waals surface area contributed by atoms with Crippen molar-refractivity contribution < 1.29 is 46.5 Å². The number of hydrogen-bond acceptors (Lipinski definition) is 17. The van der Waals surface area contributed by atoms with Gasteiger partial charge in [-0.15, -0.1) is 0 Å². The number of amides is 3. The van der Waals surface area contributed by atoms with Gasteiger partial charge in [-0.3, -0.25) is 24.0 Å². The molecule has 0 unspecified atom stereocenters. The fraction of sp³-hybridized carbons (Fsp3) is 0.339. The van der Waals surface area contributed by atoms with Crippen LogP contribution in [0, 0.1) is 24.4 Å². The SMILES string of the molecule is Cc1c(NC(=O)c2ccc(C3CC3)cc2F)cc(F)cc1-c1ncnc(N)c1OCCN(C)C(=O)/C=C/CN1CCC(OCCOCCOCCNSc2ccc(Nc3ncc(Br)c(Nc4cccc(F)c4C(N)=O)n3)cc2)CC1. The van der Waals surface area contributed by atoms with E-state index in [1.165, 1.54) is 65.8 Å². The highest BCUT2D eigenvalue weighted by molar-refractivity contribution is 9.10. The number of primary amides is 1. The molecule has 4 aromatic carbocycles. The Labute approximate surface area is 474 Å². The summed E-state index contributed by atoms with van der Waals surface area (Å²) < 4.78 is 71.6. The molecule has 2 aromatic heterocycles. The number of hydrogen-bond donors (Lipinski definition) is 6. The summed E-state index contributed by atoms with van der Waals surface area (Å²) >= 11 is 4.86. The minimum atomic E-state index is -0.903. The van der Waals surface area contributed by atoms with E-state index < -0.39 is 29.3 Å². The molecule has 1 aliphatic heterocycles. The Balaban J connectivity index is 0.654. The van der Waals surface area contributed by atoms with E-state index in [1.807, 2.05) is 30.3 Å². The highest BCUT2D eigenvalue weighted by Crippen LogP contribution is 2.41. The van der Waals surface area contributed by atoms with Crippen LogP contribution < -0.4 is 36.9 Å². The first-order valence-corrected chi connectivity index (χ1v) is 27.5. The third kappa shape index (κ3) is 16.7. The first-order valence-electron chi connectivity index (χ1n) is 25.9. The Kier molecular flexibility index (Phi) is 21.2. The van der Waals surface area contributed by atoms with Gasteiger partial charge >= 0.3 is 0 Å². The second-order valence-corrected chi connectivity index (χ2v) is 20.6. The van der Waals surface area contributed by atoms with Gasteiger partial charge in [-0.2, -0.15) is 4.98 Å². The zero-order valence-electron chi connectivity index (χ0n) is 44.1. The number of nitrogens with one attached hydrogen (secondary N) is 4. The fourth-order valence-electron chi connectivity index (χ4n) is 8.54.